The minimum atomic E-state index is -0.439. The van der Waals surface area contributed by atoms with Crippen LogP contribution in [0.3, 0.4) is 0 Å². The molecule has 1 fully saturated rings. The largest absolute Gasteiger partial charge is 0.367 e. The van der Waals surface area contributed by atoms with E-state index in [1.807, 2.05) is 42.5 Å². The van der Waals surface area contributed by atoms with Gasteiger partial charge >= 0.3 is 0 Å². The van der Waals surface area contributed by atoms with Crippen molar-refractivity contribution in [3.05, 3.63) is 63.6 Å². The van der Waals surface area contributed by atoms with Gasteiger partial charge in [0.2, 0.25) is 5.91 Å². The van der Waals surface area contributed by atoms with E-state index < -0.39 is 6.04 Å². The SMILES string of the molecule is CC(N)C(=O)N1CCN(c2ccc(Cl)cc2Cl)CC1.Clc1ccccc1. The van der Waals surface area contributed by atoms with E-state index >= 15 is 0 Å². The summed E-state index contributed by atoms with van der Waals surface area (Å²) in [6, 6.07) is 14.5. The van der Waals surface area contributed by atoms with Crippen LogP contribution >= 0.6 is 34.8 Å². The fourth-order valence-electron chi connectivity index (χ4n) is 2.61. The fraction of sp³-hybridized carbons (Fsp3) is 0.316. The summed E-state index contributed by atoms with van der Waals surface area (Å²) in [6.07, 6.45) is 0. The smallest absolute Gasteiger partial charge is 0.239 e. The summed E-state index contributed by atoms with van der Waals surface area (Å²) in [5.74, 6) is 0.00172. The molecule has 26 heavy (non-hydrogen) atoms. The van der Waals surface area contributed by atoms with Crippen LogP contribution < -0.4 is 10.6 Å². The third-order valence-electron chi connectivity index (χ3n) is 3.96. The van der Waals surface area contributed by atoms with E-state index in [0.717, 1.165) is 23.8 Å². The Kier molecular flexibility index (Phi) is 8.04. The highest BCUT2D eigenvalue weighted by atomic mass is 35.5. The topological polar surface area (TPSA) is 49.6 Å². The molecule has 1 amide bonds. The van der Waals surface area contributed by atoms with E-state index in [0.29, 0.717) is 23.1 Å². The van der Waals surface area contributed by atoms with Crippen LogP contribution in [-0.2, 0) is 4.79 Å². The van der Waals surface area contributed by atoms with Gasteiger partial charge in [-0.2, -0.15) is 0 Å². The van der Waals surface area contributed by atoms with Gasteiger partial charge in [0.1, 0.15) is 0 Å². The van der Waals surface area contributed by atoms with Crippen molar-refractivity contribution in [2.24, 2.45) is 5.73 Å². The highest BCUT2D eigenvalue weighted by Gasteiger charge is 2.24. The van der Waals surface area contributed by atoms with Crippen molar-refractivity contribution in [3.63, 3.8) is 0 Å². The Morgan fingerprint density at radius 2 is 1.58 bits per heavy atom. The first-order valence-electron chi connectivity index (χ1n) is 8.33. The van der Waals surface area contributed by atoms with Gasteiger partial charge in [-0.1, -0.05) is 53.0 Å². The van der Waals surface area contributed by atoms with E-state index in [2.05, 4.69) is 4.90 Å². The zero-order valence-electron chi connectivity index (χ0n) is 14.5. The summed E-state index contributed by atoms with van der Waals surface area (Å²) in [4.78, 5) is 15.7. The van der Waals surface area contributed by atoms with Gasteiger partial charge in [0.15, 0.2) is 0 Å². The zero-order valence-corrected chi connectivity index (χ0v) is 16.8. The number of carbonyl (C=O) groups excluding carboxylic acids is 1. The number of amides is 1. The predicted octanol–water partition coefficient (Wildman–Crippen LogP) is 4.33. The van der Waals surface area contributed by atoms with E-state index in [-0.39, 0.29) is 5.91 Å². The van der Waals surface area contributed by atoms with Crippen LogP contribution in [0.1, 0.15) is 6.92 Å². The maximum Gasteiger partial charge on any atom is 0.239 e. The first-order chi connectivity index (χ1) is 12.4. The number of piperazine rings is 1. The zero-order chi connectivity index (χ0) is 19.1. The van der Waals surface area contributed by atoms with Gasteiger partial charge in [0.05, 0.1) is 16.8 Å². The van der Waals surface area contributed by atoms with Gasteiger partial charge in [0.25, 0.3) is 0 Å². The normalized spacial score (nSPS) is 15.1. The molecule has 0 saturated carbocycles. The average Bonchev–Trinajstić information content (AvgIpc) is 2.62. The number of hydrogen-bond donors (Lipinski definition) is 1. The fourth-order valence-corrected chi connectivity index (χ4v) is 3.28. The summed E-state index contributed by atoms with van der Waals surface area (Å²) in [5, 5.41) is 2.06. The second kappa shape index (κ2) is 10.0. The van der Waals surface area contributed by atoms with Gasteiger partial charge in [-0.25, -0.2) is 0 Å². The molecule has 0 bridgehead atoms. The van der Waals surface area contributed by atoms with Crippen molar-refractivity contribution in [2.45, 2.75) is 13.0 Å². The number of rotatable bonds is 2. The maximum atomic E-state index is 11.8. The number of halogens is 3. The summed E-state index contributed by atoms with van der Waals surface area (Å²) in [6.45, 7) is 4.54. The van der Waals surface area contributed by atoms with Gasteiger partial charge in [0, 0.05) is 36.2 Å². The minimum Gasteiger partial charge on any atom is -0.367 e. The maximum absolute atomic E-state index is 11.8. The van der Waals surface area contributed by atoms with Crippen molar-refractivity contribution in [1.29, 1.82) is 0 Å². The Labute approximate surface area is 169 Å². The highest BCUT2D eigenvalue weighted by molar-refractivity contribution is 6.36. The number of nitrogens with two attached hydrogens (primary N) is 1. The van der Waals surface area contributed by atoms with Crippen molar-refractivity contribution in [1.82, 2.24) is 4.90 Å². The number of hydrogen-bond acceptors (Lipinski definition) is 3. The Morgan fingerprint density at radius 3 is 2.04 bits per heavy atom. The number of nitrogens with zero attached hydrogens (tertiary/aromatic N) is 2. The molecule has 2 N–H and O–H groups in total. The highest BCUT2D eigenvalue weighted by Crippen LogP contribution is 2.29. The molecule has 2 aromatic carbocycles. The lowest BCUT2D eigenvalue weighted by atomic mass is 10.2. The second-order valence-electron chi connectivity index (χ2n) is 5.99. The Bertz CT molecular complexity index is 717. The third kappa shape index (κ3) is 6.06. The van der Waals surface area contributed by atoms with E-state index in [1.54, 1.807) is 17.9 Å². The van der Waals surface area contributed by atoms with Crippen LogP contribution in [-0.4, -0.2) is 43.0 Å². The summed E-state index contributed by atoms with van der Waals surface area (Å²) in [7, 11) is 0. The first kappa shape index (κ1) is 20.8. The molecule has 1 aliphatic rings. The quantitative estimate of drug-likeness (QED) is 0.796. The monoisotopic (exact) mass is 413 g/mol. The van der Waals surface area contributed by atoms with Crippen molar-refractivity contribution in [2.75, 3.05) is 31.1 Å². The Hall–Kier alpha value is -1.46. The molecule has 0 spiro atoms. The van der Waals surface area contributed by atoms with Crippen molar-refractivity contribution in [3.8, 4) is 0 Å². The van der Waals surface area contributed by atoms with Gasteiger partial charge in [-0.15, -0.1) is 0 Å². The molecule has 4 nitrogen and oxygen atoms in total. The molecule has 0 radical (unpaired) electrons. The molecular formula is C19H22Cl3N3O. The number of carbonyl (C=O) groups is 1. The lowest BCUT2D eigenvalue weighted by molar-refractivity contribution is -0.132. The standard InChI is InChI=1S/C13H17Cl2N3O.C6H5Cl/c1-9(16)13(19)18-6-4-17(5-7-18)12-3-2-10(14)8-11(12)15;7-6-4-2-1-3-5-6/h2-3,8-9H,4-7,16H2,1H3;1-5H. The van der Waals surface area contributed by atoms with Crippen molar-refractivity contribution < 1.29 is 4.79 Å². The van der Waals surface area contributed by atoms with Crippen LogP contribution in [0.5, 0.6) is 0 Å². The molecule has 1 saturated heterocycles. The lowest BCUT2D eigenvalue weighted by Gasteiger charge is -2.37. The van der Waals surface area contributed by atoms with Crippen LogP contribution in [0.4, 0.5) is 5.69 Å². The van der Waals surface area contributed by atoms with Gasteiger partial charge in [-0.05, 0) is 37.3 Å². The molecule has 2 aromatic rings. The summed E-state index contributed by atoms with van der Waals surface area (Å²) < 4.78 is 0. The van der Waals surface area contributed by atoms with Gasteiger partial charge in [-0.3, -0.25) is 4.79 Å². The average molecular weight is 415 g/mol. The molecule has 1 unspecified atom stereocenters. The number of anilines is 1. The molecule has 3 rings (SSSR count). The molecule has 0 aromatic heterocycles. The molecule has 140 valence electrons. The summed E-state index contributed by atoms with van der Waals surface area (Å²) >= 11 is 17.6. The van der Waals surface area contributed by atoms with E-state index in [9.17, 15) is 4.79 Å². The van der Waals surface area contributed by atoms with E-state index in [1.165, 1.54) is 0 Å². The van der Waals surface area contributed by atoms with Gasteiger partial charge < -0.3 is 15.5 Å². The summed E-state index contributed by atoms with van der Waals surface area (Å²) in [5.41, 5.74) is 6.57. The Morgan fingerprint density at radius 1 is 0.962 bits per heavy atom. The molecule has 7 heteroatoms. The van der Waals surface area contributed by atoms with E-state index in [4.69, 9.17) is 40.5 Å². The molecule has 1 aliphatic heterocycles. The third-order valence-corrected chi connectivity index (χ3v) is 4.75. The second-order valence-corrected chi connectivity index (χ2v) is 7.27. The van der Waals surface area contributed by atoms with Crippen LogP contribution in [0.15, 0.2) is 48.5 Å². The Balaban J connectivity index is 0.000000290. The molecule has 0 aliphatic carbocycles. The number of benzene rings is 2. The predicted molar refractivity (Wildman–Crippen MR) is 110 cm³/mol. The van der Waals surface area contributed by atoms with Crippen LogP contribution in [0.25, 0.3) is 0 Å². The molecule has 1 atom stereocenters. The lowest BCUT2D eigenvalue weighted by Crippen LogP contribution is -2.52. The first-order valence-corrected chi connectivity index (χ1v) is 9.47. The van der Waals surface area contributed by atoms with Crippen LogP contribution in [0.2, 0.25) is 15.1 Å². The molecular weight excluding hydrogens is 393 g/mol. The van der Waals surface area contributed by atoms with Crippen LogP contribution in [0, 0.1) is 0 Å². The minimum absolute atomic E-state index is 0.00172. The molecule has 1 heterocycles. The van der Waals surface area contributed by atoms with Crippen molar-refractivity contribution >= 4 is 46.4 Å².